The predicted octanol–water partition coefficient (Wildman–Crippen LogP) is 2.89. The fourth-order valence-electron chi connectivity index (χ4n) is 0.861. The Labute approximate surface area is 67.8 Å². The van der Waals surface area contributed by atoms with E-state index in [9.17, 15) is 0 Å². The predicted molar refractivity (Wildman–Crippen MR) is 48.2 cm³/mol. The number of rotatable bonds is 3. The lowest BCUT2D eigenvalue weighted by molar-refractivity contribution is 0.962. The maximum Gasteiger partial charge on any atom is 0.0273 e. The summed E-state index contributed by atoms with van der Waals surface area (Å²) >= 11 is 0. The molecule has 0 N–H and O–H groups in total. The van der Waals surface area contributed by atoms with Crippen LogP contribution in [0.25, 0.3) is 6.08 Å². The molecule has 0 radical (unpaired) electrons. The number of aromatic nitrogens is 1. The summed E-state index contributed by atoms with van der Waals surface area (Å²) in [6, 6.07) is 4.01. The van der Waals surface area contributed by atoms with Crippen molar-refractivity contribution >= 4 is 6.08 Å². The third-order valence-electron chi connectivity index (χ3n) is 1.47. The minimum atomic E-state index is 1.16. The van der Waals surface area contributed by atoms with E-state index in [0.29, 0.717) is 0 Å². The van der Waals surface area contributed by atoms with Gasteiger partial charge in [0.2, 0.25) is 0 Å². The van der Waals surface area contributed by atoms with Crippen molar-refractivity contribution in [2.45, 2.75) is 19.8 Å². The Hall–Kier alpha value is -1.11. The topological polar surface area (TPSA) is 12.9 Å². The van der Waals surface area contributed by atoms with E-state index >= 15 is 0 Å². The van der Waals surface area contributed by atoms with Gasteiger partial charge in [0.15, 0.2) is 0 Å². The van der Waals surface area contributed by atoms with Gasteiger partial charge in [-0.15, -0.1) is 0 Å². The average molecular weight is 147 g/mol. The largest absolute Gasteiger partial charge is 0.265 e. The molecule has 0 saturated heterocycles. The Morgan fingerprint density at radius 3 is 2.73 bits per heavy atom. The van der Waals surface area contributed by atoms with Crippen LogP contribution in [0.4, 0.5) is 0 Å². The second-order valence-corrected chi connectivity index (χ2v) is 2.47. The molecule has 0 atom stereocenters. The van der Waals surface area contributed by atoms with E-state index in [1.165, 1.54) is 12.0 Å². The third kappa shape index (κ3) is 2.99. The molecule has 0 spiro atoms. The number of hydrogen-bond donors (Lipinski definition) is 0. The van der Waals surface area contributed by atoms with Gasteiger partial charge in [0, 0.05) is 12.4 Å². The molecule has 1 aromatic rings. The van der Waals surface area contributed by atoms with E-state index < -0.39 is 0 Å². The molecule has 0 bridgehead atoms. The zero-order chi connectivity index (χ0) is 7.94. The maximum atomic E-state index is 3.94. The summed E-state index contributed by atoms with van der Waals surface area (Å²) in [5.41, 5.74) is 1.23. The number of hydrogen-bond acceptors (Lipinski definition) is 1. The van der Waals surface area contributed by atoms with Crippen molar-refractivity contribution in [1.82, 2.24) is 4.98 Å². The third-order valence-corrected chi connectivity index (χ3v) is 1.47. The normalized spacial score (nSPS) is 10.6. The summed E-state index contributed by atoms with van der Waals surface area (Å²) in [7, 11) is 0. The smallest absolute Gasteiger partial charge is 0.0273 e. The number of allylic oxidation sites excluding steroid dienone is 1. The van der Waals surface area contributed by atoms with Gasteiger partial charge in [-0.3, -0.25) is 4.98 Å². The number of pyridine rings is 1. The van der Waals surface area contributed by atoms with Gasteiger partial charge in [0.25, 0.3) is 0 Å². The van der Waals surface area contributed by atoms with Crippen LogP contribution in [0.2, 0.25) is 0 Å². The second-order valence-electron chi connectivity index (χ2n) is 2.47. The Bertz CT molecular complexity index is 214. The first kappa shape index (κ1) is 7.99. The molecule has 1 heteroatoms. The highest BCUT2D eigenvalue weighted by Crippen LogP contribution is 2.00. The van der Waals surface area contributed by atoms with E-state index in [1.54, 1.807) is 0 Å². The monoisotopic (exact) mass is 147 g/mol. The lowest BCUT2D eigenvalue weighted by Crippen LogP contribution is -1.71. The van der Waals surface area contributed by atoms with Gasteiger partial charge in [0.1, 0.15) is 0 Å². The lowest BCUT2D eigenvalue weighted by atomic mass is 10.2. The molecule has 11 heavy (non-hydrogen) atoms. The molecule has 58 valence electrons. The molecule has 1 aromatic heterocycles. The van der Waals surface area contributed by atoms with Crippen LogP contribution in [0.3, 0.4) is 0 Å². The van der Waals surface area contributed by atoms with Gasteiger partial charge in [-0.2, -0.15) is 0 Å². The standard InChI is InChI=1S/C10H13N/c1-2-3-4-5-10-6-8-11-9-7-10/h4-9H,2-3H2,1H3/b5-4+. The quantitative estimate of drug-likeness (QED) is 0.640. The van der Waals surface area contributed by atoms with E-state index in [-0.39, 0.29) is 0 Å². The van der Waals surface area contributed by atoms with Crippen LogP contribution in [-0.4, -0.2) is 4.98 Å². The van der Waals surface area contributed by atoms with Crippen LogP contribution in [-0.2, 0) is 0 Å². The van der Waals surface area contributed by atoms with Crippen molar-refractivity contribution in [2.24, 2.45) is 0 Å². The Kier molecular flexibility index (Phi) is 3.39. The van der Waals surface area contributed by atoms with Gasteiger partial charge < -0.3 is 0 Å². The summed E-state index contributed by atoms with van der Waals surface area (Å²) in [6.07, 6.45) is 10.3. The van der Waals surface area contributed by atoms with Crippen molar-refractivity contribution in [3.05, 3.63) is 36.2 Å². The lowest BCUT2D eigenvalue weighted by Gasteiger charge is -1.89. The molecule has 1 rings (SSSR count). The first-order valence-electron chi connectivity index (χ1n) is 4.00. The SMILES string of the molecule is CCC/C=C/c1ccncc1. The molecule has 1 nitrogen and oxygen atoms in total. The maximum absolute atomic E-state index is 3.94. The molecule has 0 aromatic carbocycles. The van der Waals surface area contributed by atoms with Gasteiger partial charge in [-0.25, -0.2) is 0 Å². The summed E-state index contributed by atoms with van der Waals surface area (Å²) in [5, 5.41) is 0. The highest BCUT2D eigenvalue weighted by molar-refractivity contribution is 5.47. The molecule has 0 saturated carbocycles. The van der Waals surface area contributed by atoms with Crippen LogP contribution in [0, 0.1) is 0 Å². The minimum absolute atomic E-state index is 1.16. The molecular weight excluding hydrogens is 134 g/mol. The number of unbranched alkanes of at least 4 members (excludes halogenated alkanes) is 1. The van der Waals surface area contributed by atoms with Crippen LogP contribution in [0.1, 0.15) is 25.3 Å². The summed E-state index contributed by atoms with van der Waals surface area (Å²) in [4.78, 5) is 3.94. The highest BCUT2D eigenvalue weighted by Gasteiger charge is 1.81. The first-order valence-corrected chi connectivity index (χ1v) is 4.00. The zero-order valence-corrected chi connectivity index (χ0v) is 6.83. The summed E-state index contributed by atoms with van der Waals surface area (Å²) in [6.45, 7) is 2.18. The van der Waals surface area contributed by atoms with Gasteiger partial charge in [0.05, 0.1) is 0 Å². The number of nitrogens with zero attached hydrogens (tertiary/aromatic N) is 1. The van der Waals surface area contributed by atoms with Crippen molar-refractivity contribution in [1.29, 1.82) is 0 Å². The van der Waals surface area contributed by atoms with Crippen LogP contribution in [0.5, 0.6) is 0 Å². The van der Waals surface area contributed by atoms with Gasteiger partial charge in [-0.05, 0) is 24.1 Å². The minimum Gasteiger partial charge on any atom is -0.265 e. The van der Waals surface area contributed by atoms with E-state index in [0.717, 1.165) is 6.42 Å². The molecule has 0 unspecified atom stereocenters. The van der Waals surface area contributed by atoms with Crippen LogP contribution < -0.4 is 0 Å². The van der Waals surface area contributed by atoms with Gasteiger partial charge >= 0.3 is 0 Å². The molecule has 1 heterocycles. The van der Waals surface area contributed by atoms with Gasteiger partial charge in [-0.1, -0.05) is 25.5 Å². The first-order chi connectivity index (χ1) is 5.43. The second kappa shape index (κ2) is 4.67. The van der Waals surface area contributed by atoms with Crippen LogP contribution in [0.15, 0.2) is 30.6 Å². The highest BCUT2D eigenvalue weighted by atomic mass is 14.6. The molecule has 0 fully saturated rings. The molecule has 0 aliphatic rings. The van der Waals surface area contributed by atoms with Crippen molar-refractivity contribution in [3.8, 4) is 0 Å². The fourth-order valence-corrected chi connectivity index (χ4v) is 0.861. The molecule has 0 aliphatic carbocycles. The van der Waals surface area contributed by atoms with Crippen molar-refractivity contribution < 1.29 is 0 Å². The molecular formula is C10H13N. The van der Waals surface area contributed by atoms with E-state index in [4.69, 9.17) is 0 Å². The van der Waals surface area contributed by atoms with E-state index in [2.05, 4.69) is 24.1 Å². The van der Waals surface area contributed by atoms with E-state index in [1.807, 2.05) is 24.5 Å². The Balaban J connectivity index is 2.50. The fraction of sp³-hybridized carbons (Fsp3) is 0.300. The Morgan fingerprint density at radius 1 is 1.36 bits per heavy atom. The molecule has 0 amide bonds. The molecule has 0 aliphatic heterocycles. The average Bonchev–Trinajstić information content (AvgIpc) is 2.07. The van der Waals surface area contributed by atoms with Crippen molar-refractivity contribution in [3.63, 3.8) is 0 Å². The Morgan fingerprint density at radius 2 is 2.09 bits per heavy atom. The summed E-state index contributed by atoms with van der Waals surface area (Å²) < 4.78 is 0. The van der Waals surface area contributed by atoms with Crippen LogP contribution >= 0.6 is 0 Å². The summed E-state index contributed by atoms with van der Waals surface area (Å²) in [5.74, 6) is 0. The zero-order valence-electron chi connectivity index (χ0n) is 6.83. The van der Waals surface area contributed by atoms with Crippen molar-refractivity contribution in [2.75, 3.05) is 0 Å².